The maximum atomic E-state index is 13.8. The van der Waals surface area contributed by atoms with Gasteiger partial charge in [-0.15, -0.1) is 0 Å². The molecular weight excluding hydrogens is 402 g/mol. The number of amides is 2. The molecule has 0 spiro atoms. The summed E-state index contributed by atoms with van der Waals surface area (Å²) in [6.07, 6.45) is 8.39. The molecule has 1 N–H and O–H groups in total. The van der Waals surface area contributed by atoms with Crippen molar-refractivity contribution in [1.82, 2.24) is 14.8 Å². The maximum absolute atomic E-state index is 13.8. The fraction of sp³-hybridized carbons (Fsp3) is 0.462. The average molecular weight is 434 g/mol. The standard InChI is InChI=1S/C26H31N3O3/c1-18-9-7-8-10-19(18)16-29-24(30)22-15-23-21(13-14-32-23)28(22)17-26(29,2)25(31)27-20-11-5-3-4-6-12-20/h7-10,13-15,20H,3-6,11-12,16-17H2,1-2H3,(H,27,31). The highest BCUT2D eigenvalue weighted by molar-refractivity contribution is 6.02. The smallest absolute Gasteiger partial charge is 0.271 e. The second-order valence-electron chi connectivity index (χ2n) is 9.54. The van der Waals surface area contributed by atoms with Gasteiger partial charge < -0.3 is 19.2 Å². The molecule has 0 radical (unpaired) electrons. The fourth-order valence-corrected chi connectivity index (χ4v) is 5.24. The number of fused-ring (bicyclic) bond motifs is 3. The molecule has 1 aromatic carbocycles. The zero-order chi connectivity index (χ0) is 22.3. The Morgan fingerprint density at radius 2 is 1.91 bits per heavy atom. The van der Waals surface area contributed by atoms with Crippen LogP contribution in [0.3, 0.4) is 0 Å². The number of nitrogens with zero attached hydrogens (tertiary/aromatic N) is 2. The minimum absolute atomic E-state index is 0.0673. The first-order chi connectivity index (χ1) is 15.5. The van der Waals surface area contributed by atoms with Crippen molar-refractivity contribution in [2.24, 2.45) is 0 Å². The maximum Gasteiger partial charge on any atom is 0.271 e. The topological polar surface area (TPSA) is 67.5 Å². The largest absolute Gasteiger partial charge is 0.463 e. The molecule has 32 heavy (non-hydrogen) atoms. The van der Waals surface area contributed by atoms with E-state index in [2.05, 4.69) is 5.32 Å². The van der Waals surface area contributed by atoms with Crippen molar-refractivity contribution in [2.75, 3.05) is 0 Å². The molecule has 3 heterocycles. The van der Waals surface area contributed by atoms with Crippen LogP contribution in [0.2, 0.25) is 0 Å². The zero-order valence-electron chi connectivity index (χ0n) is 18.9. The molecular formula is C26H31N3O3. The number of hydrogen-bond acceptors (Lipinski definition) is 3. The van der Waals surface area contributed by atoms with E-state index in [1.165, 1.54) is 12.8 Å². The van der Waals surface area contributed by atoms with Crippen LogP contribution in [0.15, 0.2) is 47.1 Å². The summed E-state index contributed by atoms with van der Waals surface area (Å²) in [5, 5.41) is 3.32. The lowest BCUT2D eigenvalue weighted by Crippen LogP contribution is -2.64. The van der Waals surface area contributed by atoms with E-state index in [1.807, 2.05) is 48.7 Å². The highest BCUT2D eigenvalue weighted by atomic mass is 16.3. The van der Waals surface area contributed by atoms with Crippen LogP contribution in [0, 0.1) is 6.92 Å². The predicted octanol–water partition coefficient (Wildman–Crippen LogP) is 4.80. The van der Waals surface area contributed by atoms with E-state index >= 15 is 0 Å². The number of furan rings is 1. The van der Waals surface area contributed by atoms with Crippen LogP contribution in [-0.4, -0.2) is 32.9 Å². The molecule has 2 aromatic heterocycles. The van der Waals surface area contributed by atoms with E-state index in [0.29, 0.717) is 24.4 Å². The van der Waals surface area contributed by atoms with Crippen molar-refractivity contribution in [2.45, 2.75) is 77.0 Å². The van der Waals surface area contributed by atoms with Crippen LogP contribution in [0.5, 0.6) is 0 Å². The first kappa shape index (κ1) is 20.9. The van der Waals surface area contributed by atoms with Gasteiger partial charge >= 0.3 is 0 Å². The summed E-state index contributed by atoms with van der Waals surface area (Å²) in [6, 6.07) is 11.9. The van der Waals surface area contributed by atoms with E-state index in [0.717, 1.165) is 42.3 Å². The van der Waals surface area contributed by atoms with Crippen LogP contribution < -0.4 is 5.32 Å². The molecule has 1 aliphatic heterocycles. The molecule has 1 atom stereocenters. The van der Waals surface area contributed by atoms with E-state index in [-0.39, 0.29) is 17.9 Å². The number of aryl methyl sites for hydroxylation is 1. The molecule has 1 fully saturated rings. The minimum Gasteiger partial charge on any atom is -0.463 e. The summed E-state index contributed by atoms with van der Waals surface area (Å²) in [5.41, 5.74) is 3.28. The number of benzene rings is 1. The molecule has 1 aliphatic carbocycles. The third kappa shape index (κ3) is 3.51. The molecule has 3 aromatic rings. The van der Waals surface area contributed by atoms with Gasteiger partial charge in [-0.25, -0.2) is 0 Å². The Hall–Kier alpha value is -3.02. The van der Waals surface area contributed by atoms with Gasteiger partial charge in [0.05, 0.1) is 18.3 Å². The van der Waals surface area contributed by atoms with Crippen LogP contribution in [-0.2, 0) is 17.9 Å². The number of nitrogens with one attached hydrogen (secondary N) is 1. The number of rotatable bonds is 4. The number of carbonyl (C=O) groups is 2. The van der Waals surface area contributed by atoms with E-state index in [1.54, 1.807) is 17.2 Å². The van der Waals surface area contributed by atoms with Crippen molar-refractivity contribution in [1.29, 1.82) is 0 Å². The quantitative estimate of drug-likeness (QED) is 0.601. The van der Waals surface area contributed by atoms with Gasteiger partial charge in [0.25, 0.3) is 5.91 Å². The number of carbonyl (C=O) groups excluding carboxylic acids is 2. The van der Waals surface area contributed by atoms with Crippen LogP contribution in [0.1, 0.15) is 67.1 Å². The van der Waals surface area contributed by atoms with Crippen LogP contribution in [0.25, 0.3) is 11.1 Å². The van der Waals surface area contributed by atoms with Crippen molar-refractivity contribution in [3.8, 4) is 0 Å². The van der Waals surface area contributed by atoms with E-state index in [9.17, 15) is 9.59 Å². The lowest BCUT2D eigenvalue weighted by molar-refractivity contribution is -0.134. The van der Waals surface area contributed by atoms with Crippen molar-refractivity contribution >= 4 is 22.9 Å². The molecule has 6 nitrogen and oxygen atoms in total. The molecule has 0 saturated heterocycles. The van der Waals surface area contributed by atoms with Gasteiger partial charge in [0.2, 0.25) is 5.91 Å². The summed E-state index contributed by atoms with van der Waals surface area (Å²) < 4.78 is 7.51. The van der Waals surface area contributed by atoms with Gasteiger partial charge in [-0.05, 0) is 37.8 Å². The lowest BCUT2D eigenvalue weighted by atomic mass is 9.92. The predicted molar refractivity (Wildman–Crippen MR) is 123 cm³/mol. The minimum atomic E-state index is -0.998. The fourth-order valence-electron chi connectivity index (χ4n) is 5.24. The van der Waals surface area contributed by atoms with Gasteiger partial charge in [0.1, 0.15) is 11.2 Å². The van der Waals surface area contributed by atoms with Crippen LogP contribution in [0.4, 0.5) is 0 Å². The first-order valence-corrected chi connectivity index (χ1v) is 11.7. The van der Waals surface area contributed by atoms with Crippen LogP contribution >= 0.6 is 0 Å². The Bertz CT molecular complexity index is 1150. The summed E-state index contributed by atoms with van der Waals surface area (Å²) in [7, 11) is 0. The first-order valence-electron chi connectivity index (χ1n) is 11.7. The Morgan fingerprint density at radius 3 is 2.66 bits per heavy atom. The third-order valence-electron chi connectivity index (χ3n) is 7.32. The number of hydrogen-bond donors (Lipinski definition) is 1. The van der Waals surface area contributed by atoms with E-state index in [4.69, 9.17) is 4.42 Å². The molecule has 168 valence electrons. The average Bonchev–Trinajstić information content (AvgIpc) is 3.27. The molecule has 0 bridgehead atoms. The molecule has 2 amide bonds. The van der Waals surface area contributed by atoms with Gasteiger partial charge in [0.15, 0.2) is 5.58 Å². The second kappa shape index (κ2) is 8.15. The number of aromatic nitrogens is 1. The highest BCUT2D eigenvalue weighted by Crippen LogP contribution is 2.34. The summed E-state index contributed by atoms with van der Waals surface area (Å²) >= 11 is 0. The molecule has 2 aliphatic rings. The summed E-state index contributed by atoms with van der Waals surface area (Å²) in [4.78, 5) is 29.3. The third-order valence-corrected chi connectivity index (χ3v) is 7.32. The Kier molecular flexibility index (Phi) is 5.31. The van der Waals surface area contributed by atoms with Crippen molar-refractivity contribution in [3.05, 3.63) is 59.5 Å². The normalized spacial score (nSPS) is 22.1. The van der Waals surface area contributed by atoms with Gasteiger partial charge in [0, 0.05) is 24.7 Å². The van der Waals surface area contributed by atoms with Gasteiger partial charge in [-0.1, -0.05) is 49.9 Å². The van der Waals surface area contributed by atoms with Gasteiger partial charge in [-0.3, -0.25) is 9.59 Å². The Balaban J connectivity index is 1.53. The summed E-state index contributed by atoms with van der Waals surface area (Å²) in [5.74, 6) is -0.202. The van der Waals surface area contributed by atoms with Crippen molar-refractivity contribution < 1.29 is 14.0 Å². The molecule has 1 saturated carbocycles. The Labute approximate surface area is 188 Å². The van der Waals surface area contributed by atoms with Crippen molar-refractivity contribution in [3.63, 3.8) is 0 Å². The monoisotopic (exact) mass is 433 g/mol. The highest BCUT2D eigenvalue weighted by Gasteiger charge is 2.48. The zero-order valence-corrected chi connectivity index (χ0v) is 18.9. The molecule has 6 heteroatoms. The van der Waals surface area contributed by atoms with E-state index < -0.39 is 5.54 Å². The van der Waals surface area contributed by atoms with Gasteiger partial charge in [-0.2, -0.15) is 0 Å². The SMILES string of the molecule is Cc1ccccc1CN1C(=O)c2cc3occc3n2CC1(C)C(=O)NC1CCCCCC1. The molecule has 5 rings (SSSR count). The second-order valence-corrected chi connectivity index (χ2v) is 9.54. The Morgan fingerprint density at radius 1 is 1.16 bits per heavy atom. The lowest BCUT2D eigenvalue weighted by Gasteiger charge is -2.44. The molecule has 1 unspecified atom stereocenters. The summed E-state index contributed by atoms with van der Waals surface area (Å²) in [6.45, 7) is 4.75.